The summed E-state index contributed by atoms with van der Waals surface area (Å²) in [5.74, 6) is 0.991. The highest BCUT2D eigenvalue weighted by Crippen LogP contribution is 2.29. The number of carbonyl (C=O) groups is 2. The number of benzene rings is 2. The molecule has 4 aromatic rings. The van der Waals surface area contributed by atoms with Gasteiger partial charge in [0.15, 0.2) is 0 Å². The summed E-state index contributed by atoms with van der Waals surface area (Å²) in [6, 6.07) is 18.2. The average Bonchev–Trinajstić information content (AvgIpc) is 3.59. The van der Waals surface area contributed by atoms with Gasteiger partial charge in [0, 0.05) is 23.1 Å². The van der Waals surface area contributed by atoms with Crippen LogP contribution in [0.2, 0.25) is 0 Å². The Kier molecular flexibility index (Phi) is 7.59. The first-order chi connectivity index (χ1) is 18.1. The average molecular weight is 500 g/mol. The molecule has 0 saturated heterocycles. The lowest BCUT2D eigenvalue weighted by Crippen LogP contribution is -2.47. The fourth-order valence-electron chi connectivity index (χ4n) is 5.22. The normalized spacial score (nSPS) is 14.8. The van der Waals surface area contributed by atoms with Crippen LogP contribution in [-0.4, -0.2) is 34.8 Å². The molecule has 1 fully saturated rings. The molecule has 37 heavy (non-hydrogen) atoms. The number of H-pyrrole nitrogens is 1. The number of methoxy groups -OCH3 is 1. The number of hydrogen-bond donors (Lipinski definition) is 2. The van der Waals surface area contributed by atoms with Crippen molar-refractivity contribution in [2.75, 3.05) is 7.11 Å². The molecule has 2 aromatic heterocycles. The molecule has 2 aromatic carbocycles. The van der Waals surface area contributed by atoms with Gasteiger partial charge in [-0.3, -0.25) is 9.59 Å². The fourth-order valence-corrected chi connectivity index (χ4v) is 5.22. The Bertz CT molecular complexity index is 1320. The Hall–Kier alpha value is -4.00. The van der Waals surface area contributed by atoms with Gasteiger partial charge in [-0.05, 0) is 54.3 Å². The first kappa shape index (κ1) is 24.7. The standard InChI is InChI=1S/C30H33N3O4/c1-36-24-15-13-21(14-16-24)29(30(35)32-23-8-3-2-4-9-23)33(20-25-10-7-17-37-25)28(34)18-22-19-31-27-12-6-5-11-26(22)27/h5-7,10-17,19,23,29,31H,2-4,8-9,18,20H2,1H3,(H,32,35)/t29-/m1/s1. The lowest BCUT2D eigenvalue weighted by Gasteiger charge is -2.33. The summed E-state index contributed by atoms with van der Waals surface area (Å²) in [6.07, 6.45) is 8.95. The van der Waals surface area contributed by atoms with Gasteiger partial charge in [0.25, 0.3) is 0 Å². The van der Waals surface area contributed by atoms with Crippen LogP contribution in [0.4, 0.5) is 0 Å². The number of rotatable bonds is 9. The number of nitrogens with one attached hydrogen (secondary N) is 2. The number of aromatic nitrogens is 1. The smallest absolute Gasteiger partial charge is 0.247 e. The summed E-state index contributed by atoms with van der Waals surface area (Å²) in [5, 5.41) is 4.25. The second-order valence-electron chi connectivity index (χ2n) is 9.66. The van der Waals surface area contributed by atoms with E-state index in [1.807, 2.05) is 60.8 Å². The second-order valence-corrected chi connectivity index (χ2v) is 9.66. The Morgan fingerprint density at radius 3 is 2.57 bits per heavy atom. The van der Waals surface area contributed by atoms with E-state index in [0.29, 0.717) is 11.5 Å². The Morgan fingerprint density at radius 1 is 1.05 bits per heavy atom. The van der Waals surface area contributed by atoms with Crippen molar-refractivity contribution in [1.82, 2.24) is 15.2 Å². The Balaban J connectivity index is 1.49. The van der Waals surface area contributed by atoms with Crippen LogP contribution in [0.3, 0.4) is 0 Å². The minimum Gasteiger partial charge on any atom is -0.497 e. The van der Waals surface area contributed by atoms with Crippen LogP contribution in [0.25, 0.3) is 10.9 Å². The SMILES string of the molecule is COc1ccc([C@H](C(=O)NC2CCCCC2)N(Cc2ccco2)C(=O)Cc2c[nH]c3ccccc23)cc1. The van der Waals surface area contributed by atoms with Crippen LogP contribution in [0.1, 0.15) is 55.0 Å². The predicted octanol–water partition coefficient (Wildman–Crippen LogP) is 5.53. The maximum absolute atomic E-state index is 14.0. The summed E-state index contributed by atoms with van der Waals surface area (Å²) in [7, 11) is 1.61. The van der Waals surface area contributed by atoms with Gasteiger partial charge in [-0.2, -0.15) is 0 Å². The fraction of sp³-hybridized carbons (Fsp3) is 0.333. The Morgan fingerprint density at radius 2 is 1.84 bits per heavy atom. The van der Waals surface area contributed by atoms with Crippen LogP contribution in [0.15, 0.2) is 77.5 Å². The van der Waals surface area contributed by atoms with Crippen LogP contribution in [0, 0.1) is 0 Å². The van der Waals surface area contributed by atoms with E-state index in [-0.39, 0.29) is 30.8 Å². The Labute approximate surface area is 216 Å². The zero-order valence-electron chi connectivity index (χ0n) is 21.1. The van der Waals surface area contributed by atoms with Gasteiger partial charge in [-0.15, -0.1) is 0 Å². The van der Waals surface area contributed by atoms with Gasteiger partial charge >= 0.3 is 0 Å². The van der Waals surface area contributed by atoms with Crippen LogP contribution < -0.4 is 10.1 Å². The zero-order chi connectivity index (χ0) is 25.6. The number of carbonyl (C=O) groups excluding carboxylic acids is 2. The number of aromatic amines is 1. The molecule has 5 rings (SSSR count). The first-order valence-corrected chi connectivity index (χ1v) is 12.9. The highest BCUT2D eigenvalue weighted by atomic mass is 16.5. The third kappa shape index (κ3) is 5.71. The predicted molar refractivity (Wildman–Crippen MR) is 142 cm³/mol. The highest BCUT2D eigenvalue weighted by molar-refractivity contribution is 5.92. The topological polar surface area (TPSA) is 87.6 Å². The highest BCUT2D eigenvalue weighted by Gasteiger charge is 2.34. The third-order valence-electron chi connectivity index (χ3n) is 7.19. The molecular weight excluding hydrogens is 466 g/mol. The summed E-state index contributed by atoms with van der Waals surface area (Å²) in [6.45, 7) is 0.184. The van der Waals surface area contributed by atoms with Gasteiger partial charge in [0.2, 0.25) is 11.8 Å². The van der Waals surface area contributed by atoms with Crippen molar-refractivity contribution in [3.8, 4) is 5.75 Å². The molecule has 7 nitrogen and oxygen atoms in total. The number of amides is 2. The van der Waals surface area contributed by atoms with Gasteiger partial charge in [-0.25, -0.2) is 0 Å². The molecule has 0 spiro atoms. The van der Waals surface area contributed by atoms with E-state index < -0.39 is 6.04 Å². The summed E-state index contributed by atoms with van der Waals surface area (Å²) in [5.41, 5.74) is 2.60. The maximum Gasteiger partial charge on any atom is 0.247 e. The van der Waals surface area contributed by atoms with Crippen molar-refractivity contribution in [3.63, 3.8) is 0 Å². The van der Waals surface area contributed by atoms with Gasteiger partial charge in [-0.1, -0.05) is 49.6 Å². The van der Waals surface area contributed by atoms with Crippen LogP contribution in [-0.2, 0) is 22.6 Å². The molecule has 0 bridgehead atoms. The molecule has 0 radical (unpaired) electrons. The van der Waals surface area contributed by atoms with E-state index in [1.165, 1.54) is 6.42 Å². The first-order valence-electron chi connectivity index (χ1n) is 12.9. The maximum atomic E-state index is 14.0. The van der Waals surface area contributed by atoms with Crippen molar-refractivity contribution in [2.24, 2.45) is 0 Å². The molecule has 2 amide bonds. The molecule has 7 heteroatoms. The molecule has 0 aliphatic heterocycles. The molecule has 1 saturated carbocycles. The number of hydrogen-bond acceptors (Lipinski definition) is 4. The van der Waals surface area contributed by atoms with E-state index in [2.05, 4.69) is 10.3 Å². The van der Waals surface area contributed by atoms with E-state index in [0.717, 1.165) is 47.7 Å². The van der Waals surface area contributed by atoms with E-state index >= 15 is 0 Å². The quantitative estimate of drug-likeness (QED) is 0.317. The van der Waals surface area contributed by atoms with E-state index in [1.54, 1.807) is 24.3 Å². The number of fused-ring (bicyclic) bond motifs is 1. The van der Waals surface area contributed by atoms with Crippen molar-refractivity contribution in [3.05, 3.63) is 90.0 Å². The van der Waals surface area contributed by atoms with Crippen molar-refractivity contribution in [2.45, 2.75) is 57.2 Å². The second kappa shape index (κ2) is 11.4. The molecule has 192 valence electrons. The molecule has 1 aliphatic carbocycles. The van der Waals surface area contributed by atoms with Gasteiger partial charge in [0.1, 0.15) is 17.6 Å². The summed E-state index contributed by atoms with van der Waals surface area (Å²) < 4.78 is 11.0. The van der Waals surface area contributed by atoms with Gasteiger partial charge in [0.05, 0.1) is 26.3 Å². The third-order valence-corrected chi connectivity index (χ3v) is 7.19. The van der Waals surface area contributed by atoms with E-state index in [9.17, 15) is 9.59 Å². The van der Waals surface area contributed by atoms with Crippen LogP contribution in [0.5, 0.6) is 5.75 Å². The lowest BCUT2D eigenvalue weighted by atomic mass is 9.94. The molecule has 2 N–H and O–H groups in total. The molecule has 1 atom stereocenters. The number of ether oxygens (including phenoxy) is 1. The molecule has 2 heterocycles. The monoisotopic (exact) mass is 499 g/mol. The number of furan rings is 1. The molecule has 0 unspecified atom stereocenters. The molecule has 1 aliphatic rings. The van der Waals surface area contributed by atoms with Crippen molar-refractivity contribution in [1.29, 1.82) is 0 Å². The van der Waals surface area contributed by atoms with Crippen LogP contribution >= 0.6 is 0 Å². The molecular formula is C30H33N3O4. The lowest BCUT2D eigenvalue weighted by molar-refractivity contribution is -0.141. The van der Waals surface area contributed by atoms with Crippen molar-refractivity contribution >= 4 is 22.7 Å². The summed E-state index contributed by atoms with van der Waals surface area (Å²) >= 11 is 0. The minimum absolute atomic E-state index is 0.121. The number of para-hydroxylation sites is 1. The summed E-state index contributed by atoms with van der Waals surface area (Å²) in [4.78, 5) is 32.7. The zero-order valence-corrected chi connectivity index (χ0v) is 21.1. The van der Waals surface area contributed by atoms with E-state index in [4.69, 9.17) is 9.15 Å². The number of nitrogens with zero attached hydrogens (tertiary/aromatic N) is 1. The largest absolute Gasteiger partial charge is 0.497 e. The van der Waals surface area contributed by atoms with Crippen molar-refractivity contribution < 1.29 is 18.7 Å². The van der Waals surface area contributed by atoms with Gasteiger partial charge < -0.3 is 24.4 Å². The minimum atomic E-state index is -0.810.